The van der Waals surface area contributed by atoms with Crippen LogP contribution in [0.15, 0.2) is 31.0 Å². The Bertz CT molecular complexity index is 325. The molecule has 0 aliphatic carbocycles. The van der Waals surface area contributed by atoms with Crippen LogP contribution in [0.3, 0.4) is 0 Å². The minimum Gasteiger partial charge on any atom is -0.309 e. The van der Waals surface area contributed by atoms with Crippen molar-refractivity contribution in [3.63, 3.8) is 0 Å². The van der Waals surface area contributed by atoms with Crippen LogP contribution in [0.25, 0.3) is 0 Å². The molecule has 0 fully saturated rings. The van der Waals surface area contributed by atoms with E-state index in [2.05, 4.69) is 16.9 Å². The third-order valence-corrected chi connectivity index (χ3v) is 1.56. The zero-order chi connectivity index (χ0) is 9.52. The molecule has 13 heavy (non-hydrogen) atoms. The fourth-order valence-corrected chi connectivity index (χ4v) is 0.964. The molecule has 0 saturated heterocycles. The minimum atomic E-state index is 0.456. The van der Waals surface area contributed by atoms with Crippen LogP contribution in [-0.4, -0.2) is 11.5 Å². The number of aromatic nitrogens is 1. The van der Waals surface area contributed by atoms with Crippen molar-refractivity contribution >= 4 is 0 Å². The lowest BCUT2D eigenvalue weighted by Gasteiger charge is -2.00. The standard InChI is InChI=1S/C10H11N3/c1-2-4-12-8-9-3-5-13-10(6-9)7-11/h2-3,5-6,12H,1,4,8H2. The number of nitrogens with zero attached hydrogens (tertiary/aromatic N) is 2. The van der Waals surface area contributed by atoms with Gasteiger partial charge in [-0.05, 0) is 17.7 Å². The van der Waals surface area contributed by atoms with E-state index in [0.29, 0.717) is 5.69 Å². The zero-order valence-corrected chi connectivity index (χ0v) is 7.33. The molecule has 1 heterocycles. The van der Waals surface area contributed by atoms with E-state index in [1.807, 2.05) is 12.1 Å². The fourth-order valence-electron chi connectivity index (χ4n) is 0.964. The second kappa shape index (κ2) is 5.07. The Hall–Kier alpha value is -1.66. The van der Waals surface area contributed by atoms with Crippen LogP contribution < -0.4 is 5.32 Å². The molecule has 0 aliphatic rings. The number of nitriles is 1. The minimum absolute atomic E-state index is 0.456. The first-order chi connectivity index (χ1) is 6.36. The predicted molar refractivity (Wildman–Crippen MR) is 50.9 cm³/mol. The van der Waals surface area contributed by atoms with Gasteiger partial charge < -0.3 is 5.32 Å². The maximum Gasteiger partial charge on any atom is 0.140 e. The lowest BCUT2D eigenvalue weighted by molar-refractivity contribution is 0.759. The van der Waals surface area contributed by atoms with Gasteiger partial charge in [-0.25, -0.2) is 4.98 Å². The molecule has 1 aromatic heterocycles. The molecule has 0 bridgehead atoms. The highest BCUT2D eigenvalue weighted by atomic mass is 14.8. The van der Waals surface area contributed by atoms with Crippen molar-refractivity contribution in [2.75, 3.05) is 6.54 Å². The smallest absolute Gasteiger partial charge is 0.140 e. The summed E-state index contributed by atoms with van der Waals surface area (Å²) >= 11 is 0. The van der Waals surface area contributed by atoms with E-state index < -0.39 is 0 Å². The van der Waals surface area contributed by atoms with Crippen LogP contribution in [0.5, 0.6) is 0 Å². The molecule has 0 radical (unpaired) electrons. The van der Waals surface area contributed by atoms with Crippen LogP contribution >= 0.6 is 0 Å². The Morgan fingerprint density at radius 1 is 1.69 bits per heavy atom. The highest BCUT2D eigenvalue weighted by Crippen LogP contribution is 1.99. The topological polar surface area (TPSA) is 48.7 Å². The lowest BCUT2D eigenvalue weighted by Crippen LogP contribution is -2.12. The lowest BCUT2D eigenvalue weighted by atomic mass is 10.2. The van der Waals surface area contributed by atoms with Gasteiger partial charge in [0.05, 0.1) is 0 Å². The molecular weight excluding hydrogens is 162 g/mol. The SMILES string of the molecule is C=CCNCc1ccnc(C#N)c1. The summed E-state index contributed by atoms with van der Waals surface area (Å²) in [6.07, 6.45) is 3.44. The van der Waals surface area contributed by atoms with Crippen molar-refractivity contribution in [2.24, 2.45) is 0 Å². The summed E-state index contributed by atoms with van der Waals surface area (Å²) in [6.45, 7) is 5.11. The third kappa shape index (κ3) is 3.06. The van der Waals surface area contributed by atoms with Crippen molar-refractivity contribution in [3.05, 3.63) is 42.2 Å². The van der Waals surface area contributed by atoms with Gasteiger partial charge in [-0.1, -0.05) is 6.08 Å². The summed E-state index contributed by atoms with van der Waals surface area (Å²) in [5.74, 6) is 0. The van der Waals surface area contributed by atoms with E-state index in [4.69, 9.17) is 5.26 Å². The Kier molecular flexibility index (Phi) is 3.68. The van der Waals surface area contributed by atoms with E-state index in [-0.39, 0.29) is 0 Å². The first-order valence-corrected chi connectivity index (χ1v) is 4.03. The van der Waals surface area contributed by atoms with Gasteiger partial charge in [0.15, 0.2) is 0 Å². The quantitative estimate of drug-likeness (QED) is 0.550. The van der Waals surface area contributed by atoms with Crippen LogP contribution in [0.2, 0.25) is 0 Å². The summed E-state index contributed by atoms with van der Waals surface area (Å²) in [5.41, 5.74) is 1.52. The predicted octanol–water partition coefficient (Wildman–Crippen LogP) is 1.23. The van der Waals surface area contributed by atoms with Gasteiger partial charge in [0.2, 0.25) is 0 Å². The van der Waals surface area contributed by atoms with E-state index in [1.54, 1.807) is 18.3 Å². The Labute approximate surface area is 77.7 Å². The summed E-state index contributed by atoms with van der Waals surface area (Å²) in [7, 11) is 0. The molecule has 0 saturated carbocycles. The molecule has 0 spiro atoms. The summed E-state index contributed by atoms with van der Waals surface area (Å²) in [4.78, 5) is 3.88. The van der Waals surface area contributed by atoms with Crippen LogP contribution in [-0.2, 0) is 6.54 Å². The van der Waals surface area contributed by atoms with Gasteiger partial charge in [0, 0.05) is 19.3 Å². The van der Waals surface area contributed by atoms with Gasteiger partial charge in [-0.2, -0.15) is 5.26 Å². The Morgan fingerprint density at radius 2 is 2.54 bits per heavy atom. The molecule has 3 nitrogen and oxygen atoms in total. The van der Waals surface area contributed by atoms with Crippen LogP contribution in [0, 0.1) is 11.3 Å². The van der Waals surface area contributed by atoms with E-state index in [9.17, 15) is 0 Å². The third-order valence-electron chi connectivity index (χ3n) is 1.56. The van der Waals surface area contributed by atoms with Crippen molar-refractivity contribution in [1.29, 1.82) is 5.26 Å². The highest BCUT2D eigenvalue weighted by Gasteiger charge is 1.94. The van der Waals surface area contributed by atoms with Crippen molar-refractivity contribution < 1.29 is 0 Å². The molecule has 1 rings (SSSR count). The maximum absolute atomic E-state index is 8.58. The summed E-state index contributed by atoms with van der Waals surface area (Å²) in [6, 6.07) is 5.66. The van der Waals surface area contributed by atoms with E-state index >= 15 is 0 Å². The Morgan fingerprint density at radius 3 is 3.23 bits per heavy atom. The second-order valence-electron chi connectivity index (χ2n) is 2.58. The van der Waals surface area contributed by atoms with Crippen LogP contribution in [0.1, 0.15) is 11.3 Å². The number of hydrogen-bond acceptors (Lipinski definition) is 3. The number of pyridine rings is 1. The molecule has 0 aromatic carbocycles. The summed E-state index contributed by atoms with van der Waals surface area (Å²) in [5, 5.41) is 11.7. The van der Waals surface area contributed by atoms with Gasteiger partial charge in [0.1, 0.15) is 11.8 Å². The number of hydrogen-bond donors (Lipinski definition) is 1. The first kappa shape index (κ1) is 9.43. The monoisotopic (exact) mass is 173 g/mol. The Balaban J connectivity index is 2.57. The molecule has 66 valence electrons. The van der Waals surface area contributed by atoms with Gasteiger partial charge >= 0.3 is 0 Å². The average molecular weight is 173 g/mol. The van der Waals surface area contributed by atoms with Gasteiger partial charge in [-0.15, -0.1) is 6.58 Å². The van der Waals surface area contributed by atoms with Gasteiger partial charge in [0.25, 0.3) is 0 Å². The molecule has 0 atom stereocenters. The van der Waals surface area contributed by atoms with E-state index in [0.717, 1.165) is 18.7 Å². The largest absolute Gasteiger partial charge is 0.309 e. The maximum atomic E-state index is 8.58. The van der Waals surface area contributed by atoms with Crippen molar-refractivity contribution in [3.8, 4) is 6.07 Å². The van der Waals surface area contributed by atoms with Gasteiger partial charge in [-0.3, -0.25) is 0 Å². The van der Waals surface area contributed by atoms with Crippen molar-refractivity contribution in [1.82, 2.24) is 10.3 Å². The summed E-state index contributed by atoms with van der Waals surface area (Å²) < 4.78 is 0. The van der Waals surface area contributed by atoms with Crippen molar-refractivity contribution in [2.45, 2.75) is 6.54 Å². The normalized spacial score (nSPS) is 9.15. The fraction of sp³-hybridized carbons (Fsp3) is 0.200. The number of nitrogens with one attached hydrogen (secondary N) is 1. The zero-order valence-electron chi connectivity index (χ0n) is 7.33. The molecular formula is C10H11N3. The van der Waals surface area contributed by atoms with E-state index in [1.165, 1.54) is 0 Å². The molecule has 1 N–H and O–H groups in total. The number of rotatable bonds is 4. The molecule has 0 aliphatic heterocycles. The second-order valence-corrected chi connectivity index (χ2v) is 2.58. The average Bonchev–Trinajstić information content (AvgIpc) is 2.19. The molecule has 0 amide bonds. The first-order valence-electron chi connectivity index (χ1n) is 4.03. The molecule has 3 heteroatoms. The molecule has 1 aromatic rings. The highest BCUT2D eigenvalue weighted by molar-refractivity contribution is 5.25. The van der Waals surface area contributed by atoms with Crippen LogP contribution in [0.4, 0.5) is 0 Å². The molecule has 0 unspecified atom stereocenters.